The number of carbonyl (C=O) groups excluding carboxylic acids is 1. The lowest BCUT2D eigenvalue weighted by Crippen LogP contribution is -2.26. The fourth-order valence-electron chi connectivity index (χ4n) is 3.28. The van der Waals surface area contributed by atoms with Crippen molar-refractivity contribution in [3.8, 4) is 0 Å². The number of anilines is 2. The quantitative estimate of drug-likeness (QED) is 0.333. The summed E-state index contributed by atoms with van der Waals surface area (Å²) in [6.07, 6.45) is 2.36. The van der Waals surface area contributed by atoms with Crippen LogP contribution in [0.2, 0.25) is 10.0 Å². The number of imidazole rings is 1. The van der Waals surface area contributed by atoms with Crippen LogP contribution in [0.15, 0.2) is 53.1 Å². The minimum absolute atomic E-state index is 0.0440. The van der Waals surface area contributed by atoms with Crippen LogP contribution in [-0.2, 0) is 11.2 Å². The number of hydrogen-bond acceptors (Lipinski definition) is 2. The fraction of sp³-hybridized carbons (Fsp3) is 0.360. The minimum Gasteiger partial charge on any atom is -0.301 e. The van der Waals surface area contributed by atoms with E-state index in [2.05, 4.69) is 20.9 Å². The smallest absolute Gasteiger partial charge is 0.257 e. The number of benzene rings is 2. The molecule has 4 nitrogen and oxygen atoms in total. The normalized spacial score (nSPS) is 13.8. The fourth-order valence-corrected chi connectivity index (χ4v) is 4.05. The molecule has 0 saturated carbocycles. The van der Waals surface area contributed by atoms with E-state index in [0.29, 0.717) is 28.1 Å². The molecule has 1 amide bonds. The van der Waals surface area contributed by atoms with Gasteiger partial charge < -0.3 is 4.57 Å². The number of aromatic nitrogens is 2. The second kappa shape index (κ2) is 13.7. The third-order valence-corrected chi connectivity index (χ3v) is 5.39. The van der Waals surface area contributed by atoms with Crippen LogP contribution in [-0.4, -0.2) is 15.5 Å². The molecule has 1 aliphatic heterocycles. The molecule has 2 heterocycles. The maximum Gasteiger partial charge on any atom is 0.257 e. The monoisotopic (exact) mass is 539 g/mol. The minimum atomic E-state index is -0.355. The number of amides is 1. The zero-order valence-electron chi connectivity index (χ0n) is 19.8. The summed E-state index contributed by atoms with van der Waals surface area (Å²) in [7, 11) is 0. The molecule has 2 aromatic carbocycles. The molecule has 1 aliphatic rings. The number of fused-ring (bicyclic) bond motifs is 1. The van der Waals surface area contributed by atoms with E-state index in [0.717, 1.165) is 15.7 Å². The maximum atomic E-state index is 13.2. The summed E-state index contributed by atoms with van der Waals surface area (Å²) in [5, 5.41) is 0.956. The van der Waals surface area contributed by atoms with E-state index in [1.54, 1.807) is 29.3 Å². The SMILES string of the molecule is CC.CC.CC.Cc1cnc2n1C(Cc1ccc(Br)cc1)C(=O)N2c1cc(Cl)cc(Cl)c1. The summed E-state index contributed by atoms with van der Waals surface area (Å²) in [6.45, 7) is 14.0. The molecule has 0 aliphatic carbocycles. The van der Waals surface area contributed by atoms with Crippen molar-refractivity contribution in [2.45, 2.75) is 60.9 Å². The van der Waals surface area contributed by atoms with Crippen molar-refractivity contribution in [2.24, 2.45) is 0 Å². The molecule has 174 valence electrons. The zero-order chi connectivity index (χ0) is 24.4. The van der Waals surface area contributed by atoms with Gasteiger partial charge in [0, 0.05) is 26.6 Å². The van der Waals surface area contributed by atoms with E-state index < -0.39 is 0 Å². The molecule has 7 heteroatoms. The predicted octanol–water partition coefficient (Wildman–Crippen LogP) is 8.80. The molecule has 0 saturated heterocycles. The molecule has 1 unspecified atom stereocenters. The highest BCUT2D eigenvalue weighted by atomic mass is 79.9. The summed E-state index contributed by atoms with van der Waals surface area (Å²) in [6, 6.07) is 12.7. The molecule has 1 aromatic heterocycles. The molecule has 0 N–H and O–H groups in total. The van der Waals surface area contributed by atoms with Crippen molar-refractivity contribution < 1.29 is 4.79 Å². The van der Waals surface area contributed by atoms with Crippen LogP contribution in [0.1, 0.15) is 58.8 Å². The predicted molar refractivity (Wildman–Crippen MR) is 141 cm³/mol. The van der Waals surface area contributed by atoms with Gasteiger partial charge in [-0.25, -0.2) is 9.88 Å². The Morgan fingerprint density at radius 3 is 2.00 bits per heavy atom. The summed E-state index contributed by atoms with van der Waals surface area (Å²) in [4.78, 5) is 19.3. The van der Waals surface area contributed by atoms with Crippen molar-refractivity contribution >= 4 is 56.7 Å². The van der Waals surface area contributed by atoms with E-state index in [4.69, 9.17) is 23.2 Å². The Morgan fingerprint density at radius 2 is 1.47 bits per heavy atom. The van der Waals surface area contributed by atoms with Crippen molar-refractivity contribution in [2.75, 3.05) is 4.90 Å². The van der Waals surface area contributed by atoms with Crippen LogP contribution in [0.3, 0.4) is 0 Å². The number of rotatable bonds is 3. The van der Waals surface area contributed by atoms with Gasteiger partial charge in [0.1, 0.15) is 6.04 Å². The lowest BCUT2D eigenvalue weighted by atomic mass is 10.1. The second-order valence-electron chi connectivity index (χ2n) is 6.22. The van der Waals surface area contributed by atoms with Crippen LogP contribution < -0.4 is 4.90 Å². The molecule has 3 aromatic rings. The summed E-state index contributed by atoms with van der Waals surface area (Å²) in [5.41, 5.74) is 2.64. The summed E-state index contributed by atoms with van der Waals surface area (Å²) in [5.74, 6) is 0.547. The number of nitrogens with zero attached hydrogens (tertiary/aromatic N) is 3. The van der Waals surface area contributed by atoms with Crippen LogP contribution >= 0.6 is 39.1 Å². The molecular formula is C25H32BrCl2N3O. The Balaban J connectivity index is 0.000000789. The lowest BCUT2D eigenvalue weighted by molar-refractivity contribution is -0.119. The van der Waals surface area contributed by atoms with Crippen LogP contribution in [0.5, 0.6) is 0 Å². The van der Waals surface area contributed by atoms with Gasteiger partial charge in [-0.05, 0) is 42.8 Å². The molecule has 0 radical (unpaired) electrons. The second-order valence-corrected chi connectivity index (χ2v) is 8.01. The Kier molecular flexibility index (Phi) is 12.0. The van der Waals surface area contributed by atoms with Crippen molar-refractivity contribution in [3.63, 3.8) is 0 Å². The first-order chi connectivity index (χ1) is 15.4. The molecule has 0 spiro atoms. The summed E-state index contributed by atoms with van der Waals surface area (Å²) >= 11 is 15.7. The van der Waals surface area contributed by atoms with Crippen molar-refractivity contribution in [1.82, 2.24) is 9.55 Å². The highest BCUT2D eigenvalue weighted by molar-refractivity contribution is 9.10. The van der Waals surface area contributed by atoms with E-state index in [1.807, 2.05) is 77.3 Å². The lowest BCUT2D eigenvalue weighted by Gasteiger charge is -2.16. The van der Waals surface area contributed by atoms with Gasteiger partial charge in [-0.3, -0.25) is 4.79 Å². The van der Waals surface area contributed by atoms with Crippen LogP contribution in [0, 0.1) is 6.92 Å². The molecule has 4 rings (SSSR count). The Hall–Kier alpha value is -1.82. The third-order valence-electron chi connectivity index (χ3n) is 4.43. The average molecular weight is 541 g/mol. The van der Waals surface area contributed by atoms with Gasteiger partial charge in [-0.15, -0.1) is 0 Å². The average Bonchev–Trinajstić information content (AvgIpc) is 3.30. The first-order valence-electron chi connectivity index (χ1n) is 11.0. The van der Waals surface area contributed by atoms with E-state index in [9.17, 15) is 4.79 Å². The molecule has 0 fully saturated rings. The van der Waals surface area contributed by atoms with Gasteiger partial charge >= 0.3 is 0 Å². The standard InChI is InChI=1S/C19H14BrCl2N3O.3C2H6/c1-11-10-23-19-24(11)17(6-12-2-4-13(20)5-3-12)18(26)25(19)16-8-14(21)7-15(22)9-16;3*1-2/h2-5,7-10,17H,6H2,1H3;3*1-2H3. The van der Waals surface area contributed by atoms with Gasteiger partial charge in [0.2, 0.25) is 5.95 Å². The van der Waals surface area contributed by atoms with E-state index >= 15 is 0 Å². The number of halogens is 3. The zero-order valence-corrected chi connectivity index (χ0v) is 22.9. The van der Waals surface area contributed by atoms with Gasteiger partial charge in [-0.2, -0.15) is 0 Å². The maximum absolute atomic E-state index is 13.2. The first-order valence-corrected chi connectivity index (χ1v) is 12.6. The molecule has 1 atom stereocenters. The van der Waals surface area contributed by atoms with E-state index in [1.165, 1.54) is 0 Å². The first kappa shape index (κ1) is 28.2. The van der Waals surface area contributed by atoms with Gasteiger partial charge in [0.15, 0.2) is 0 Å². The van der Waals surface area contributed by atoms with Gasteiger partial charge in [0.25, 0.3) is 5.91 Å². The molecule has 32 heavy (non-hydrogen) atoms. The summed E-state index contributed by atoms with van der Waals surface area (Å²) < 4.78 is 2.98. The third kappa shape index (κ3) is 6.37. The Labute approximate surface area is 210 Å². The molecule has 0 bridgehead atoms. The largest absolute Gasteiger partial charge is 0.301 e. The number of hydrogen-bond donors (Lipinski definition) is 0. The Bertz CT molecular complexity index is 983. The van der Waals surface area contributed by atoms with Crippen LogP contribution in [0.4, 0.5) is 11.6 Å². The Morgan fingerprint density at radius 1 is 0.938 bits per heavy atom. The van der Waals surface area contributed by atoms with E-state index in [-0.39, 0.29) is 11.9 Å². The van der Waals surface area contributed by atoms with Crippen molar-refractivity contribution in [3.05, 3.63) is 74.4 Å². The number of carbonyl (C=O) groups is 1. The van der Waals surface area contributed by atoms with Crippen molar-refractivity contribution in [1.29, 1.82) is 0 Å². The van der Waals surface area contributed by atoms with Gasteiger partial charge in [-0.1, -0.05) is 92.8 Å². The van der Waals surface area contributed by atoms with Gasteiger partial charge in [0.05, 0.1) is 11.9 Å². The topological polar surface area (TPSA) is 38.1 Å². The van der Waals surface area contributed by atoms with Crippen LogP contribution in [0.25, 0.3) is 0 Å². The number of aryl methyl sites for hydroxylation is 1. The molecular weight excluding hydrogens is 509 g/mol. The highest BCUT2D eigenvalue weighted by Gasteiger charge is 2.40. The highest BCUT2D eigenvalue weighted by Crippen LogP contribution is 2.40.